The number of hydrogen-bond donors (Lipinski definition) is 3. The molecule has 0 radical (unpaired) electrons. The van der Waals surface area contributed by atoms with Crippen molar-refractivity contribution in [1.29, 1.82) is 0 Å². The third kappa shape index (κ3) is 5.55. The maximum absolute atomic E-state index is 13.6. The summed E-state index contributed by atoms with van der Waals surface area (Å²) < 4.78 is 32.5. The van der Waals surface area contributed by atoms with Crippen molar-refractivity contribution < 1.29 is 23.1 Å². The van der Waals surface area contributed by atoms with Crippen LogP contribution in [0.5, 0.6) is 5.75 Å². The van der Waals surface area contributed by atoms with E-state index in [0.717, 1.165) is 12.8 Å². The number of alkyl halides is 2. The van der Waals surface area contributed by atoms with Crippen LogP contribution in [0.15, 0.2) is 39.7 Å². The Labute approximate surface area is 216 Å². The van der Waals surface area contributed by atoms with E-state index in [9.17, 15) is 13.6 Å². The lowest BCUT2D eigenvalue weighted by Gasteiger charge is -2.30. The number of thioether (sulfide) groups is 1. The standard InChI is InChI=1S/C24H25F2N7O3S/c1-12-28-22(32-36-12)18-9-14(15-8-17(21(25)26)27-10-19(15)35-3)16(11-33(18)2)23(34)29-24-31-30-20(37-24)7-6-13-4-5-13/h8-10,12-13,20-21,30H,4-5,11H2,1-3H3,(H,28,32)(H,29,31,34). The maximum atomic E-state index is 13.6. The molecule has 5 rings (SSSR count). The zero-order valence-electron chi connectivity index (χ0n) is 20.3. The molecule has 3 N–H and O–H groups in total. The number of amidine groups is 2. The molecule has 1 aliphatic carbocycles. The number of methoxy groups -OCH3 is 1. The predicted molar refractivity (Wildman–Crippen MR) is 135 cm³/mol. The van der Waals surface area contributed by atoms with E-state index in [-0.39, 0.29) is 17.7 Å². The maximum Gasteiger partial charge on any atom is 0.280 e. The van der Waals surface area contributed by atoms with Crippen LogP contribution in [0.25, 0.3) is 5.57 Å². The van der Waals surface area contributed by atoms with Gasteiger partial charge in [0.1, 0.15) is 11.4 Å². The first-order chi connectivity index (χ1) is 17.8. The van der Waals surface area contributed by atoms with Crippen LogP contribution in [-0.2, 0) is 9.63 Å². The highest BCUT2D eigenvalue weighted by molar-refractivity contribution is 8.14. The van der Waals surface area contributed by atoms with E-state index in [2.05, 4.69) is 43.1 Å². The molecule has 3 aliphatic heterocycles. The van der Waals surface area contributed by atoms with Crippen LogP contribution < -0.4 is 21.0 Å². The predicted octanol–water partition coefficient (Wildman–Crippen LogP) is 2.35. The highest BCUT2D eigenvalue weighted by Gasteiger charge is 2.31. The highest BCUT2D eigenvalue weighted by Crippen LogP contribution is 2.36. The number of nitrogens with zero attached hydrogens (tertiary/aromatic N) is 4. The number of hydrazone groups is 1. The average molecular weight is 530 g/mol. The summed E-state index contributed by atoms with van der Waals surface area (Å²) in [7, 11) is 3.21. The number of nitrogens with one attached hydrogen (secondary N) is 3. The largest absolute Gasteiger partial charge is 0.494 e. The van der Waals surface area contributed by atoms with E-state index in [0.29, 0.717) is 39.3 Å². The van der Waals surface area contributed by atoms with Crippen molar-refractivity contribution in [1.82, 2.24) is 26.1 Å². The van der Waals surface area contributed by atoms with Crippen LogP contribution in [0.3, 0.4) is 0 Å². The zero-order valence-corrected chi connectivity index (χ0v) is 21.2. The van der Waals surface area contributed by atoms with Gasteiger partial charge in [-0.3, -0.25) is 20.5 Å². The monoisotopic (exact) mass is 529 g/mol. The van der Waals surface area contributed by atoms with Gasteiger partial charge >= 0.3 is 0 Å². The fraction of sp³-hybridized carbons (Fsp3) is 0.417. The molecule has 37 heavy (non-hydrogen) atoms. The number of allylic oxidation sites excluding steroid dienone is 2. The van der Waals surface area contributed by atoms with Crippen molar-refractivity contribution >= 4 is 34.2 Å². The van der Waals surface area contributed by atoms with E-state index < -0.39 is 24.3 Å². The van der Waals surface area contributed by atoms with E-state index in [1.165, 1.54) is 31.1 Å². The number of carbonyl (C=O) groups is 1. The van der Waals surface area contributed by atoms with Crippen LogP contribution in [-0.4, -0.2) is 59.1 Å². The number of rotatable bonds is 5. The second-order valence-electron chi connectivity index (χ2n) is 8.75. The Hall–Kier alpha value is -3.63. The molecule has 0 bridgehead atoms. The van der Waals surface area contributed by atoms with Gasteiger partial charge in [-0.25, -0.2) is 24.1 Å². The van der Waals surface area contributed by atoms with E-state index in [1.807, 2.05) is 4.90 Å². The topological polar surface area (TPSA) is 112 Å². The molecule has 2 atom stereocenters. The second-order valence-corrected chi connectivity index (χ2v) is 9.84. The Bertz CT molecular complexity index is 1300. The fourth-order valence-corrected chi connectivity index (χ4v) is 4.58. The van der Waals surface area contributed by atoms with Crippen molar-refractivity contribution in [2.24, 2.45) is 16.0 Å². The molecular weight excluding hydrogens is 504 g/mol. The Morgan fingerprint density at radius 2 is 2.19 bits per heavy atom. The van der Waals surface area contributed by atoms with Crippen LogP contribution in [0.2, 0.25) is 0 Å². The number of hydrogen-bond acceptors (Lipinski definition) is 10. The van der Waals surface area contributed by atoms with Gasteiger partial charge < -0.3 is 9.64 Å². The smallest absolute Gasteiger partial charge is 0.280 e. The number of aromatic nitrogens is 1. The Kier molecular flexibility index (Phi) is 7.03. The minimum absolute atomic E-state index is 0.161. The third-order valence-electron chi connectivity index (χ3n) is 5.92. The lowest BCUT2D eigenvalue weighted by atomic mass is 9.93. The zero-order chi connectivity index (χ0) is 26.1. The van der Waals surface area contributed by atoms with Crippen molar-refractivity contribution in [3.63, 3.8) is 0 Å². The third-order valence-corrected chi connectivity index (χ3v) is 6.79. The lowest BCUT2D eigenvalue weighted by molar-refractivity contribution is -0.116. The summed E-state index contributed by atoms with van der Waals surface area (Å²) in [5, 5.41) is 7.15. The van der Waals surface area contributed by atoms with Gasteiger partial charge in [0.25, 0.3) is 12.3 Å². The summed E-state index contributed by atoms with van der Waals surface area (Å²) in [5.41, 5.74) is 6.93. The second kappa shape index (κ2) is 10.4. The summed E-state index contributed by atoms with van der Waals surface area (Å²) in [6.07, 6.45) is 1.97. The molecule has 1 amide bonds. The van der Waals surface area contributed by atoms with Crippen LogP contribution in [0.1, 0.15) is 37.4 Å². The Morgan fingerprint density at radius 1 is 1.38 bits per heavy atom. The number of aliphatic imine (C=N–C) groups is 1. The molecule has 0 saturated heterocycles. The molecule has 4 aliphatic rings. The molecule has 0 aromatic carbocycles. The first-order valence-corrected chi connectivity index (χ1v) is 12.5. The highest BCUT2D eigenvalue weighted by atomic mass is 32.2. The molecule has 2 unspecified atom stereocenters. The number of halogens is 2. The number of pyridine rings is 1. The first kappa shape index (κ1) is 25.0. The van der Waals surface area contributed by atoms with Crippen LogP contribution in [0, 0.1) is 17.8 Å². The van der Waals surface area contributed by atoms with Crippen LogP contribution >= 0.6 is 11.8 Å². The summed E-state index contributed by atoms with van der Waals surface area (Å²) in [6.45, 7) is 1.93. The van der Waals surface area contributed by atoms with Crippen molar-refractivity contribution in [3.05, 3.63) is 40.9 Å². The minimum atomic E-state index is -2.80. The van der Waals surface area contributed by atoms with Gasteiger partial charge in [-0.05, 0) is 49.2 Å². The quantitative estimate of drug-likeness (QED) is 0.499. The number of ether oxygens (including phenoxy) is 1. The number of carbonyl (C=O) groups excluding carboxylic acids is 1. The lowest BCUT2D eigenvalue weighted by Crippen LogP contribution is -2.39. The molecule has 10 nitrogen and oxygen atoms in total. The van der Waals surface area contributed by atoms with E-state index in [1.54, 1.807) is 20.0 Å². The normalized spacial score (nSPS) is 23.0. The van der Waals surface area contributed by atoms with Crippen molar-refractivity contribution in [2.75, 3.05) is 20.7 Å². The van der Waals surface area contributed by atoms with Gasteiger partial charge in [0.2, 0.25) is 0 Å². The Morgan fingerprint density at radius 3 is 2.86 bits per heavy atom. The van der Waals surface area contributed by atoms with E-state index in [4.69, 9.17) is 9.57 Å². The van der Waals surface area contributed by atoms with Crippen molar-refractivity contribution in [2.45, 2.75) is 37.8 Å². The van der Waals surface area contributed by atoms with Gasteiger partial charge in [-0.1, -0.05) is 11.8 Å². The summed E-state index contributed by atoms with van der Waals surface area (Å²) in [6, 6.07) is 1.24. The average Bonchev–Trinajstić information content (AvgIpc) is 3.45. The molecule has 1 aromatic heterocycles. The number of amides is 1. The van der Waals surface area contributed by atoms with Gasteiger partial charge in [0, 0.05) is 30.6 Å². The van der Waals surface area contributed by atoms with Gasteiger partial charge in [0.05, 0.1) is 19.0 Å². The minimum Gasteiger partial charge on any atom is -0.494 e. The SMILES string of the molecule is COc1cnc(C(F)F)cc1C1=C(C(=O)NC2=NNC(C#CC3CC3)S2)CN(C)C(C2=NC(C)ON2)=C1. The fourth-order valence-electron chi connectivity index (χ4n) is 3.87. The first-order valence-electron chi connectivity index (χ1n) is 11.6. The summed E-state index contributed by atoms with van der Waals surface area (Å²) >= 11 is 1.31. The molecule has 13 heteroatoms. The van der Waals surface area contributed by atoms with Crippen LogP contribution in [0.4, 0.5) is 8.78 Å². The molecule has 1 aromatic rings. The number of hydroxylamine groups is 1. The molecule has 1 saturated carbocycles. The Balaban J connectivity index is 1.50. The molecule has 0 spiro atoms. The van der Waals surface area contributed by atoms with Crippen molar-refractivity contribution in [3.8, 4) is 17.6 Å². The molecular formula is C24H25F2N7O3S. The number of likely N-dealkylation sites (N-methyl/N-ethyl adjacent to an activating group) is 1. The summed E-state index contributed by atoms with van der Waals surface area (Å²) in [5.74, 6) is 7.04. The summed E-state index contributed by atoms with van der Waals surface area (Å²) in [4.78, 5) is 28.9. The van der Waals surface area contributed by atoms with Gasteiger partial charge in [-0.2, -0.15) is 5.10 Å². The van der Waals surface area contributed by atoms with E-state index >= 15 is 0 Å². The van der Waals surface area contributed by atoms with Gasteiger partial charge in [-0.15, -0.1) is 0 Å². The van der Waals surface area contributed by atoms with Gasteiger partial charge in [0.15, 0.2) is 22.6 Å². The molecule has 4 heterocycles. The molecule has 1 fully saturated rings. The molecule has 194 valence electrons.